The summed E-state index contributed by atoms with van der Waals surface area (Å²) >= 11 is 0. The minimum atomic E-state index is -0.391. The quantitative estimate of drug-likeness (QED) is 0.182. The summed E-state index contributed by atoms with van der Waals surface area (Å²) in [5.74, 6) is 0.0852. The molecule has 10 rings (SSSR count). The van der Waals surface area contributed by atoms with Gasteiger partial charge in [0.25, 0.3) is 0 Å². The van der Waals surface area contributed by atoms with Crippen molar-refractivity contribution < 1.29 is 0 Å². The molecule has 8 aromatic carbocycles. The van der Waals surface area contributed by atoms with E-state index in [1.807, 2.05) is 0 Å². The van der Waals surface area contributed by atoms with Gasteiger partial charge in [-0.05, 0) is 82.7 Å². The van der Waals surface area contributed by atoms with Crippen LogP contribution in [0.15, 0.2) is 176 Å². The first-order valence-corrected chi connectivity index (χ1v) is 16.2. The molecule has 2 aliphatic carbocycles. The van der Waals surface area contributed by atoms with Gasteiger partial charge in [0.1, 0.15) is 0 Å². The van der Waals surface area contributed by atoms with E-state index in [-0.39, 0.29) is 5.92 Å². The zero-order valence-corrected chi connectivity index (χ0v) is 25.3. The molecular weight excluding hydrogens is 553 g/mol. The van der Waals surface area contributed by atoms with Gasteiger partial charge in [0.15, 0.2) is 0 Å². The molecule has 2 aliphatic rings. The standard InChI is InChI=1S/C46H30/c1-2-15-32(16-3-1)44(38-22-12-17-30-13-4-6-18-34(30)38)33-25-27-39-43(29-33)46(42-28-26-31-14-5-7-19-35(31)45(39)42)40-23-10-8-20-36(40)37-21-9-11-24-41(37)46/h1-29,44H. The van der Waals surface area contributed by atoms with Gasteiger partial charge in [-0.2, -0.15) is 0 Å². The summed E-state index contributed by atoms with van der Waals surface area (Å²) in [6, 6.07) is 65.8. The molecule has 1 atom stereocenters. The van der Waals surface area contributed by atoms with Crippen LogP contribution in [0, 0.1) is 0 Å². The zero-order chi connectivity index (χ0) is 30.2. The molecule has 8 aromatic rings. The molecule has 1 spiro atoms. The predicted molar refractivity (Wildman–Crippen MR) is 192 cm³/mol. The minimum absolute atomic E-state index is 0.0852. The smallest absolute Gasteiger partial charge is 0.0622 e. The van der Waals surface area contributed by atoms with Crippen molar-refractivity contribution in [2.45, 2.75) is 11.3 Å². The van der Waals surface area contributed by atoms with E-state index in [4.69, 9.17) is 0 Å². The summed E-state index contributed by atoms with van der Waals surface area (Å²) in [4.78, 5) is 0. The van der Waals surface area contributed by atoms with Gasteiger partial charge in [-0.15, -0.1) is 0 Å². The average molecular weight is 583 g/mol. The van der Waals surface area contributed by atoms with Crippen LogP contribution in [0.1, 0.15) is 44.9 Å². The molecule has 0 amide bonds. The second kappa shape index (κ2) is 9.64. The maximum Gasteiger partial charge on any atom is 0.0725 e. The highest BCUT2D eigenvalue weighted by Crippen LogP contribution is 2.64. The Labute approximate surface area is 269 Å². The van der Waals surface area contributed by atoms with E-state index in [2.05, 4.69) is 176 Å². The van der Waals surface area contributed by atoms with Gasteiger partial charge in [0, 0.05) is 5.92 Å². The number of rotatable bonds is 3. The van der Waals surface area contributed by atoms with E-state index < -0.39 is 5.41 Å². The van der Waals surface area contributed by atoms with Crippen molar-refractivity contribution in [3.8, 4) is 22.3 Å². The van der Waals surface area contributed by atoms with Crippen molar-refractivity contribution in [3.05, 3.63) is 215 Å². The fourth-order valence-corrected chi connectivity index (χ4v) is 8.80. The van der Waals surface area contributed by atoms with Crippen LogP contribution in [0.3, 0.4) is 0 Å². The maximum atomic E-state index is 2.56. The molecule has 0 bridgehead atoms. The highest BCUT2D eigenvalue weighted by Gasteiger charge is 2.52. The van der Waals surface area contributed by atoms with Crippen molar-refractivity contribution >= 4 is 21.5 Å². The number of fused-ring (bicyclic) bond motifs is 13. The van der Waals surface area contributed by atoms with E-state index in [0.29, 0.717) is 0 Å². The molecule has 214 valence electrons. The van der Waals surface area contributed by atoms with Gasteiger partial charge in [-0.3, -0.25) is 0 Å². The van der Waals surface area contributed by atoms with Gasteiger partial charge in [0.05, 0.1) is 5.41 Å². The summed E-state index contributed by atoms with van der Waals surface area (Å²) in [7, 11) is 0. The van der Waals surface area contributed by atoms with E-state index >= 15 is 0 Å². The Bertz CT molecular complexity index is 2430. The third-order valence-corrected chi connectivity index (χ3v) is 10.6. The molecule has 0 radical (unpaired) electrons. The Morgan fingerprint density at radius 3 is 1.72 bits per heavy atom. The normalized spacial score (nSPS) is 14.2. The predicted octanol–water partition coefficient (Wildman–Crippen LogP) is 11.5. The molecule has 0 saturated heterocycles. The second-order valence-corrected chi connectivity index (χ2v) is 12.8. The Morgan fingerprint density at radius 1 is 0.348 bits per heavy atom. The first kappa shape index (κ1) is 25.6. The number of hydrogen-bond donors (Lipinski definition) is 0. The van der Waals surface area contributed by atoms with E-state index in [0.717, 1.165) is 0 Å². The summed E-state index contributed by atoms with van der Waals surface area (Å²) < 4.78 is 0. The summed E-state index contributed by atoms with van der Waals surface area (Å²) in [6.45, 7) is 0. The van der Waals surface area contributed by atoms with Crippen LogP contribution in [0.4, 0.5) is 0 Å². The van der Waals surface area contributed by atoms with Crippen molar-refractivity contribution in [1.29, 1.82) is 0 Å². The SMILES string of the molecule is c1ccc(C(c2ccc3c(c2)C2(c4ccccc4-c4ccccc42)c2ccc4ccccc4c2-3)c2cccc3ccccc23)cc1. The highest BCUT2D eigenvalue weighted by atomic mass is 14.5. The molecule has 1 unspecified atom stereocenters. The van der Waals surface area contributed by atoms with Crippen molar-refractivity contribution in [1.82, 2.24) is 0 Å². The lowest BCUT2D eigenvalue weighted by Gasteiger charge is -2.31. The van der Waals surface area contributed by atoms with Crippen molar-refractivity contribution in [2.24, 2.45) is 0 Å². The molecule has 0 saturated carbocycles. The van der Waals surface area contributed by atoms with E-state index in [1.165, 1.54) is 82.7 Å². The topological polar surface area (TPSA) is 0 Å². The fraction of sp³-hybridized carbons (Fsp3) is 0.0435. The van der Waals surface area contributed by atoms with Gasteiger partial charge in [0.2, 0.25) is 0 Å². The van der Waals surface area contributed by atoms with Gasteiger partial charge in [-0.1, -0.05) is 176 Å². The molecule has 0 aromatic heterocycles. The third kappa shape index (κ3) is 3.34. The molecule has 0 aliphatic heterocycles. The Balaban J connectivity index is 1.33. The lowest BCUT2D eigenvalue weighted by molar-refractivity contribution is 0.790. The summed E-state index contributed by atoms with van der Waals surface area (Å²) in [5, 5.41) is 5.18. The fourth-order valence-electron chi connectivity index (χ4n) is 8.80. The molecule has 0 heteroatoms. The first-order valence-electron chi connectivity index (χ1n) is 16.2. The average Bonchev–Trinajstić information content (AvgIpc) is 3.60. The van der Waals surface area contributed by atoms with Crippen molar-refractivity contribution in [2.75, 3.05) is 0 Å². The lowest BCUT2D eigenvalue weighted by Crippen LogP contribution is -2.26. The maximum absolute atomic E-state index is 2.56. The van der Waals surface area contributed by atoms with Crippen LogP contribution in [-0.4, -0.2) is 0 Å². The largest absolute Gasteiger partial charge is 0.0725 e. The molecule has 0 heterocycles. The third-order valence-electron chi connectivity index (χ3n) is 10.6. The molecular formula is C46H30. The lowest BCUT2D eigenvalue weighted by atomic mass is 9.69. The van der Waals surface area contributed by atoms with Gasteiger partial charge >= 0.3 is 0 Å². The van der Waals surface area contributed by atoms with Crippen molar-refractivity contribution in [3.63, 3.8) is 0 Å². The van der Waals surface area contributed by atoms with Crippen LogP contribution in [0.5, 0.6) is 0 Å². The summed E-state index contributed by atoms with van der Waals surface area (Å²) in [6.07, 6.45) is 0. The van der Waals surface area contributed by atoms with Crippen LogP contribution >= 0.6 is 0 Å². The number of benzene rings is 8. The van der Waals surface area contributed by atoms with Crippen LogP contribution in [0.2, 0.25) is 0 Å². The van der Waals surface area contributed by atoms with Gasteiger partial charge in [-0.25, -0.2) is 0 Å². The molecule has 0 fully saturated rings. The molecule has 0 nitrogen and oxygen atoms in total. The summed E-state index contributed by atoms with van der Waals surface area (Å²) in [5.41, 5.74) is 14.5. The minimum Gasteiger partial charge on any atom is -0.0622 e. The van der Waals surface area contributed by atoms with Crippen LogP contribution < -0.4 is 0 Å². The highest BCUT2D eigenvalue weighted by molar-refractivity contribution is 6.06. The second-order valence-electron chi connectivity index (χ2n) is 12.8. The van der Waals surface area contributed by atoms with E-state index in [1.54, 1.807) is 0 Å². The number of hydrogen-bond acceptors (Lipinski definition) is 0. The molecule has 0 N–H and O–H groups in total. The zero-order valence-electron chi connectivity index (χ0n) is 25.3. The Hall–Kier alpha value is -5.72. The monoisotopic (exact) mass is 582 g/mol. The Morgan fingerprint density at radius 2 is 0.957 bits per heavy atom. The Kier molecular flexibility index (Phi) is 5.36. The van der Waals surface area contributed by atoms with E-state index in [9.17, 15) is 0 Å². The van der Waals surface area contributed by atoms with Gasteiger partial charge < -0.3 is 0 Å². The molecule has 46 heavy (non-hydrogen) atoms. The van der Waals surface area contributed by atoms with Crippen LogP contribution in [0.25, 0.3) is 43.8 Å². The first-order chi connectivity index (χ1) is 22.8. The van der Waals surface area contributed by atoms with Crippen LogP contribution in [-0.2, 0) is 5.41 Å².